The van der Waals surface area contributed by atoms with Gasteiger partial charge in [0.15, 0.2) is 0 Å². The van der Waals surface area contributed by atoms with Crippen LogP contribution in [0, 0.1) is 5.92 Å². The third-order valence-electron chi connectivity index (χ3n) is 2.40. The number of hydrogen-bond donors (Lipinski definition) is 3. The Balaban J connectivity index is 2.26. The Morgan fingerprint density at radius 3 is 2.62 bits per heavy atom. The number of nitrogens with one attached hydrogen (secondary N) is 1. The highest BCUT2D eigenvalue weighted by Gasteiger charge is 2.35. The van der Waals surface area contributed by atoms with Gasteiger partial charge in [0, 0.05) is 6.54 Å². The van der Waals surface area contributed by atoms with Crippen LogP contribution >= 0.6 is 0 Å². The van der Waals surface area contributed by atoms with Crippen molar-refractivity contribution >= 4 is 5.97 Å². The van der Waals surface area contributed by atoms with E-state index < -0.39 is 18.1 Å². The standard InChI is InChI=1S/C9H17NO3/c1-2-7(11)5-10-8(9(12)13)6-3-4-6/h6-8,10-11H,2-5H2,1H3,(H,12,13). The van der Waals surface area contributed by atoms with Crippen molar-refractivity contribution in [2.75, 3.05) is 6.54 Å². The van der Waals surface area contributed by atoms with Crippen molar-refractivity contribution in [1.29, 1.82) is 0 Å². The first-order valence-electron chi connectivity index (χ1n) is 4.79. The molecule has 0 heterocycles. The van der Waals surface area contributed by atoms with Crippen molar-refractivity contribution in [3.63, 3.8) is 0 Å². The van der Waals surface area contributed by atoms with E-state index in [1.54, 1.807) is 0 Å². The number of hydrogen-bond acceptors (Lipinski definition) is 3. The fraction of sp³-hybridized carbons (Fsp3) is 0.889. The predicted octanol–water partition coefficient (Wildman–Crippen LogP) is 0.210. The summed E-state index contributed by atoms with van der Waals surface area (Å²) in [5.41, 5.74) is 0. The molecule has 0 aromatic heterocycles. The molecule has 0 bridgehead atoms. The van der Waals surface area contributed by atoms with Gasteiger partial charge in [-0.1, -0.05) is 6.92 Å². The molecule has 2 atom stereocenters. The van der Waals surface area contributed by atoms with E-state index in [1.165, 1.54) is 0 Å². The first-order chi connectivity index (χ1) is 6.15. The minimum Gasteiger partial charge on any atom is -0.480 e. The second-order valence-electron chi connectivity index (χ2n) is 3.62. The van der Waals surface area contributed by atoms with Crippen molar-refractivity contribution in [3.05, 3.63) is 0 Å². The zero-order valence-electron chi connectivity index (χ0n) is 7.86. The summed E-state index contributed by atoms with van der Waals surface area (Å²) >= 11 is 0. The van der Waals surface area contributed by atoms with Gasteiger partial charge in [-0.25, -0.2) is 0 Å². The van der Waals surface area contributed by atoms with Gasteiger partial charge < -0.3 is 15.5 Å². The number of aliphatic hydroxyl groups excluding tert-OH is 1. The van der Waals surface area contributed by atoms with Gasteiger partial charge in [0.05, 0.1) is 6.10 Å². The molecule has 0 aromatic rings. The summed E-state index contributed by atoms with van der Waals surface area (Å²) in [5, 5.41) is 20.9. The normalized spacial score (nSPS) is 21.1. The van der Waals surface area contributed by atoms with Crippen LogP contribution in [0.2, 0.25) is 0 Å². The zero-order valence-corrected chi connectivity index (χ0v) is 7.86. The summed E-state index contributed by atoms with van der Waals surface area (Å²) in [6, 6.07) is -0.457. The van der Waals surface area contributed by atoms with Crippen molar-refractivity contribution < 1.29 is 15.0 Å². The maximum atomic E-state index is 10.7. The SMILES string of the molecule is CCC(O)CNC(C(=O)O)C1CC1. The van der Waals surface area contributed by atoms with E-state index in [-0.39, 0.29) is 5.92 Å². The van der Waals surface area contributed by atoms with Crippen LogP contribution in [0.1, 0.15) is 26.2 Å². The minimum absolute atomic E-state index is 0.279. The predicted molar refractivity (Wildman–Crippen MR) is 48.4 cm³/mol. The van der Waals surface area contributed by atoms with Crippen LogP contribution in [0.3, 0.4) is 0 Å². The topological polar surface area (TPSA) is 69.6 Å². The smallest absolute Gasteiger partial charge is 0.320 e. The monoisotopic (exact) mass is 187 g/mol. The van der Waals surface area contributed by atoms with Gasteiger partial charge in [0.1, 0.15) is 6.04 Å². The molecule has 0 aromatic carbocycles. The Hall–Kier alpha value is -0.610. The van der Waals surface area contributed by atoms with Gasteiger partial charge in [-0.2, -0.15) is 0 Å². The van der Waals surface area contributed by atoms with Crippen molar-refractivity contribution in [3.8, 4) is 0 Å². The van der Waals surface area contributed by atoms with Gasteiger partial charge in [-0.3, -0.25) is 4.79 Å². The number of carbonyl (C=O) groups is 1. The Kier molecular flexibility index (Phi) is 3.69. The molecule has 3 N–H and O–H groups in total. The van der Waals surface area contributed by atoms with Gasteiger partial charge in [-0.05, 0) is 25.2 Å². The van der Waals surface area contributed by atoms with Gasteiger partial charge in [0.25, 0.3) is 0 Å². The first kappa shape index (κ1) is 10.5. The number of aliphatic hydroxyl groups is 1. The maximum absolute atomic E-state index is 10.7. The first-order valence-corrected chi connectivity index (χ1v) is 4.79. The summed E-state index contributed by atoms with van der Waals surface area (Å²) in [4.78, 5) is 10.7. The lowest BCUT2D eigenvalue weighted by molar-refractivity contribution is -0.140. The number of rotatable bonds is 6. The lowest BCUT2D eigenvalue weighted by atomic mass is 10.1. The van der Waals surface area contributed by atoms with Crippen molar-refractivity contribution in [2.24, 2.45) is 5.92 Å². The summed E-state index contributed by atoms with van der Waals surface area (Å²) < 4.78 is 0. The molecule has 1 rings (SSSR count). The fourth-order valence-electron chi connectivity index (χ4n) is 1.29. The molecule has 0 spiro atoms. The van der Waals surface area contributed by atoms with E-state index in [0.717, 1.165) is 12.8 Å². The van der Waals surface area contributed by atoms with E-state index in [4.69, 9.17) is 5.11 Å². The third kappa shape index (κ3) is 3.32. The van der Waals surface area contributed by atoms with Crippen molar-refractivity contribution in [1.82, 2.24) is 5.32 Å². The molecule has 4 heteroatoms. The Morgan fingerprint density at radius 2 is 2.23 bits per heavy atom. The van der Waals surface area contributed by atoms with E-state index >= 15 is 0 Å². The molecular formula is C9H17NO3. The van der Waals surface area contributed by atoms with E-state index in [9.17, 15) is 9.90 Å². The van der Waals surface area contributed by atoms with Crippen LogP contribution in [0.25, 0.3) is 0 Å². The zero-order chi connectivity index (χ0) is 9.84. The van der Waals surface area contributed by atoms with Gasteiger partial charge in [-0.15, -0.1) is 0 Å². The minimum atomic E-state index is -0.800. The molecule has 76 valence electrons. The fourth-order valence-corrected chi connectivity index (χ4v) is 1.29. The lowest BCUT2D eigenvalue weighted by Crippen LogP contribution is -2.42. The van der Waals surface area contributed by atoms with Crippen LogP contribution < -0.4 is 5.32 Å². The maximum Gasteiger partial charge on any atom is 0.320 e. The largest absolute Gasteiger partial charge is 0.480 e. The van der Waals surface area contributed by atoms with E-state index in [0.29, 0.717) is 13.0 Å². The molecule has 1 aliphatic rings. The molecule has 0 radical (unpaired) electrons. The second-order valence-corrected chi connectivity index (χ2v) is 3.62. The highest BCUT2D eigenvalue weighted by molar-refractivity contribution is 5.74. The number of carboxylic acids is 1. The van der Waals surface area contributed by atoms with E-state index in [1.807, 2.05) is 6.92 Å². The van der Waals surface area contributed by atoms with Crippen LogP contribution in [0.15, 0.2) is 0 Å². The highest BCUT2D eigenvalue weighted by atomic mass is 16.4. The van der Waals surface area contributed by atoms with Crippen LogP contribution in [0.4, 0.5) is 0 Å². The summed E-state index contributed by atoms with van der Waals surface area (Å²) in [7, 11) is 0. The average molecular weight is 187 g/mol. The quantitative estimate of drug-likeness (QED) is 0.556. The lowest BCUT2D eigenvalue weighted by Gasteiger charge is -2.15. The highest BCUT2D eigenvalue weighted by Crippen LogP contribution is 2.32. The molecule has 0 amide bonds. The van der Waals surface area contributed by atoms with Crippen LogP contribution in [0.5, 0.6) is 0 Å². The summed E-state index contributed by atoms with van der Waals surface area (Å²) in [5.74, 6) is -0.521. The molecule has 0 aliphatic heterocycles. The van der Waals surface area contributed by atoms with Crippen molar-refractivity contribution in [2.45, 2.75) is 38.3 Å². The van der Waals surface area contributed by atoms with Crippen LogP contribution in [-0.4, -0.2) is 34.9 Å². The Morgan fingerprint density at radius 1 is 1.62 bits per heavy atom. The van der Waals surface area contributed by atoms with Crippen LogP contribution in [-0.2, 0) is 4.79 Å². The molecule has 13 heavy (non-hydrogen) atoms. The summed E-state index contributed by atoms with van der Waals surface area (Å²) in [6.45, 7) is 2.25. The molecule has 1 saturated carbocycles. The molecule has 1 fully saturated rings. The molecule has 0 saturated heterocycles. The third-order valence-corrected chi connectivity index (χ3v) is 2.40. The second kappa shape index (κ2) is 4.58. The molecule has 1 aliphatic carbocycles. The van der Waals surface area contributed by atoms with Gasteiger partial charge in [0.2, 0.25) is 0 Å². The Labute approximate surface area is 78.0 Å². The number of aliphatic carboxylic acids is 1. The summed E-state index contributed by atoms with van der Waals surface area (Å²) in [6.07, 6.45) is 2.21. The van der Waals surface area contributed by atoms with Gasteiger partial charge >= 0.3 is 5.97 Å². The number of carboxylic acid groups (broad SMARTS) is 1. The Bertz CT molecular complexity index is 180. The molecular weight excluding hydrogens is 170 g/mol. The average Bonchev–Trinajstić information content (AvgIpc) is 2.87. The molecule has 4 nitrogen and oxygen atoms in total. The van der Waals surface area contributed by atoms with E-state index in [2.05, 4.69) is 5.32 Å². The molecule has 2 unspecified atom stereocenters.